The number of carbonyl (C=O) groups excluding carboxylic acids is 3. The van der Waals surface area contributed by atoms with Crippen molar-refractivity contribution in [1.82, 2.24) is 0 Å². The number of amides is 2. The van der Waals surface area contributed by atoms with Gasteiger partial charge in [0, 0.05) is 28.7 Å². The van der Waals surface area contributed by atoms with Crippen molar-refractivity contribution in [2.24, 2.45) is 0 Å². The zero-order valence-corrected chi connectivity index (χ0v) is 19.4. The number of hydrogen-bond donors (Lipinski definition) is 2. The number of nitrogens with one attached hydrogen (secondary N) is 2. The van der Waals surface area contributed by atoms with E-state index in [4.69, 9.17) is 27.9 Å². The van der Waals surface area contributed by atoms with E-state index in [-0.39, 0.29) is 25.4 Å². The number of halogens is 3. The molecule has 160 valence electrons. The average Bonchev–Trinajstić information content (AvgIpc) is 2.70. The van der Waals surface area contributed by atoms with E-state index in [1.165, 1.54) is 0 Å². The van der Waals surface area contributed by atoms with Crippen LogP contribution in [0.2, 0.25) is 10.0 Å². The van der Waals surface area contributed by atoms with E-state index in [1.54, 1.807) is 24.3 Å². The van der Waals surface area contributed by atoms with Crippen LogP contribution in [0.25, 0.3) is 0 Å². The molecule has 0 saturated heterocycles. The van der Waals surface area contributed by atoms with Crippen LogP contribution in [-0.4, -0.2) is 24.4 Å². The van der Waals surface area contributed by atoms with Gasteiger partial charge in [-0.05, 0) is 54.8 Å². The van der Waals surface area contributed by atoms with Gasteiger partial charge < -0.3 is 15.4 Å². The number of anilines is 2. The summed E-state index contributed by atoms with van der Waals surface area (Å²) in [6, 6.07) is 10.3. The quantitative estimate of drug-likeness (QED) is 0.425. The third kappa shape index (κ3) is 7.97. The highest BCUT2D eigenvalue weighted by molar-refractivity contribution is 9.10. The summed E-state index contributed by atoms with van der Waals surface area (Å²) in [4.78, 5) is 35.8. The topological polar surface area (TPSA) is 84.5 Å². The monoisotopic (exact) mass is 514 g/mol. The van der Waals surface area contributed by atoms with Crippen molar-refractivity contribution in [3.05, 3.63) is 56.5 Å². The van der Waals surface area contributed by atoms with E-state index in [9.17, 15) is 14.4 Å². The molecule has 2 rings (SSSR count). The largest absolute Gasteiger partial charge is 0.456 e. The number of ether oxygens (including phenoxy) is 1. The first-order valence-corrected chi connectivity index (χ1v) is 10.8. The lowest BCUT2D eigenvalue weighted by molar-refractivity contribution is -0.147. The fourth-order valence-corrected chi connectivity index (χ4v) is 3.28. The lowest BCUT2D eigenvalue weighted by Gasteiger charge is -2.11. The van der Waals surface area contributed by atoms with E-state index in [2.05, 4.69) is 26.6 Å². The van der Waals surface area contributed by atoms with Gasteiger partial charge in [0.2, 0.25) is 5.91 Å². The van der Waals surface area contributed by atoms with Crippen LogP contribution >= 0.6 is 39.1 Å². The lowest BCUT2D eigenvalue weighted by atomic mass is 10.1. The van der Waals surface area contributed by atoms with E-state index < -0.39 is 11.9 Å². The molecule has 2 aromatic carbocycles. The Bertz CT molecular complexity index is 937. The minimum atomic E-state index is -0.543. The molecule has 9 heteroatoms. The van der Waals surface area contributed by atoms with Gasteiger partial charge in [-0.1, -0.05) is 46.1 Å². The second-order valence-corrected chi connectivity index (χ2v) is 8.12. The summed E-state index contributed by atoms with van der Waals surface area (Å²) < 4.78 is 5.90. The Morgan fingerprint density at radius 1 is 0.967 bits per heavy atom. The fourth-order valence-electron chi connectivity index (χ4n) is 2.57. The zero-order chi connectivity index (χ0) is 22.1. The SMILES string of the molecule is CCc1cc(Br)ccc1NC(=O)COC(=O)CCCC(=O)Nc1ccc(Cl)c(Cl)c1. The van der Waals surface area contributed by atoms with Gasteiger partial charge in [0.1, 0.15) is 0 Å². The molecule has 0 atom stereocenters. The predicted octanol–water partition coefficient (Wildman–Crippen LogP) is 5.61. The molecule has 0 unspecified atom stereocenters. The summed E-state index contributed by atoms with van der Waals surface area (Å²) in [7, 11) is 0. The summed E-state index contributed by atoms with van der Waals surface area (Å²) in [6.07, 6.45) is 1.19. The Morgan fingerprint density at radius 2 is 1.73 bits per heavy atom. The molecular weight excluding hydrogens is 495 g/mol. The zero-order valence-electron chi connectivity index (χ0n) is 16.3. The molecule has 0 aliphatic carbocycles. The second kappa shape index (κ2) is 11.9. The van der Waals surface area contributed by atoms with Crippen LogP contribution < -0.4 is 10.6 Å². The molecule has 30 heavy (non-hydrogen) atoms. The number of hydrogen-bond acceptors (Lipinski definition) is 4. The highest BCUT2D eigenvalue weighted by atomic mass is 79.9. The van der Waals surface area contributed by atoms with E-state index >= 15 is 0 Å². The molecule has 0 heterocycles. The van der Waals surface area contributed by atoms with Crippen LogP contribution in [0.1, 0.15) is 31.7 Å². The van der Waals surface area contributed by atoms with Gasteiger partial charge in [-0.3, -0.25) is 14.4 Å². The Labute approximate surface area is 193 Å². The van der Waals surface area contributed by atoms with Gasteiger partial charge >= 0.3 is 5.97 Å². The average molecular weight is 516 g/mol. The summed E-state index contributed by atoms with van der Waals surface area (Å²) >= 11 is 15.1. The molecule has 2 amide bonds. The highest BCUT2D eigenvalue weighted by Crippen LogP contribution is 2.25. The van der Waals surface area contributed by atoms with Crippen molar-refractivity contribution in [3.8, 4) is 0 Å². The molecule has 0 aliphatic heterocycles. The van der Waals surface area contributed by atoms with Gasteiger partial charge in [0.05, 0.1) is 10.0 Å². The third-order valence-electron chi connectivity index (χ3n) is 4.07. The minimum absolute atomic E-state index is 0.0283. The van der Waals surface area contributed by atoms with E-state index in [1.807, 2.05) is 19.1 Å². The van der Waals surface area contributed by atoms with Crippen molar-refractivity contribution < 1.29 is 19.1 Å². The van der Waals surface area contributed by atoms with Gasteiger partial charge in [-0.15, -0.1) is 0 Å². The number of esters is 1. The van der Waals surface area contributed by atoms with Crippen molar-refractivity contribution >= 4 is 68.3 Å². The fraction of sp³-hybridized carbons (Fsp3) is 0.286. The first kappa shape index (κ1) is 24.2. The Morgan fingerprint density at radius 3 is 2.43 bits per heavy atom. The predicted molar refractivity (Wildman–Crippen MR) is 122 cm³/mol. The Kier molecular flexibility index (Phi) is 9.62. The highest BCUT2D eigenvalue weighted by Gasteiger charge is 2.11. The van der Waals surface area contributed by atoms with Crippen LogP contribution in [0.5, 0.6) is 0 Å². The maximum absolute atomic E-state index is 12.0. The van der Waals surface area contributed by atoms with Gasteiger partial charge in [0.15, 0.2) is 6.61 Å². The summed E-state index contributed by atoms with van der Waals surface area (Å²) in [5.41, 5.74) is 2.17. The third-order valence-corrected chi connectivity index (χ3v) is 5.31. The summed E-state index contributed by atoms with van der Waals surface area (Å²) in [5.74, 6) is -1.22. The van der Waals surface area contributed by atoms with Crippen molar-refractivity contribution in [2.75, 3.05) is 17.2 Å². The molecule has 0 fully saturated rings. The number of benzene rings is 2. The molecule has 0 spiro atoms. The van der Waals surface area contributed by atoms with Crippen molar-refractivity contribution in [1.29, 1.82) is 0 Å². The second-order valence-electron chi connectivity index (χ2n) is 6.39. The lowest BCUT2D eigenvalue weighted by Crippen LogP contribution is -2.21. The molecule has 0 bridgehead atoms. The normalized spacial score (nSPS) is 10.4. The maximum atomic E-state index is 12.0. The molecule has 0 saturated carbocycles. The van der Waals surface area contributed by atoms with E-state index in [0.29, 0.717) is 27.8 Å². The molecule has 0 radical (unpaired) electrons. The number of rotatable bonds is 9. The number of carbonyl (C=O) groups is 3. The smallest absolute Gasteiger partial charge is 0.306 e. The maximum Gasteiger partial charge on any atom is 0.306 e. The van der Waals surface area contributed by atoms with Crippen molar-refractivity contribution in [3.63, 3.8) is 0 Å². The molecular formula is C21H21BrCl2N2O4. The van der Waals surface area contributed by atoms with Crippen molar-refractivity contribution in [2.45, 2.75) is 32.6 Å². The molecule has 0 aliphatic rings. The standard InChI is InChI=1S/C21H21BrCl2N2O4/c1-2-13-10-14(22)6-9-18(13)26-20(28)12-30-21(29)5-3-4-19(27)25-15-7-8-16(23)17(24)11-15/h6-11H,2-5,12H2,1H3,(H,25,27)(H,26,28). The first-order chi connectivity index (χ1) is 14.3. The molecule has 2 N–H and O–H groups in total. The molecule has 2 aromatic rings. The summed E-state index contributed by atoms with van der Waals surface area (Å²) in [5, 5.41) is 6.14. The molecule has 0 aromatic heterocycles. The first-order valence-electron chi connectivity index (χ1n) is 9.27. The van der Waals surface area contributed by atoms with E-state index in [0.717, 1.165) is 16.5 Å². The minimum Gasteiger partial charge on any atom is -0.456 e. The van der Waals surface area contributed by atoms with Crippen LogP contribution in [0.4, 0.5) is 11.4 Å². The van der Waals surface area contributed by atoms with Crippen LogP contribution in [0, 0.1) is 0 Å². The van der Waals surface area contributed by atoms with Crippen LogP contribution in [0.3, 0.4) is 0 Å². The van der Waals surface area contributed by atoms with Crippen LogP contribution in [-0.2, 0) is 25.5 Å². The Hall–Kier alpha value is -2.09. The summed E-state index contributed by atoms with van der Waals surface area (Å²) in [6.45, 7) is 1.60. The Balaban J connectivity index is 1.68. The van der Waals surface area contributed by atoms with Gasteiger partial charge in [-0.25, -0.2) is 0 Å². The van der Waals surface area contributed by atoms with Gasteiger partial charge in [0.25, 0.3) is 5.91 Å². The molecule has 6 nitrogen and oxygen atoms in total. The number of aryl methyl sites for hydroxylation is 1. The van der Waals surface area contributed by atoms with Gasteiger partial charge in [-0.2, -0.15) is 0 Å². The van der Waals surface area contributed by atoms with Crippen LogP contribution in [0.15, 0.2) is 40.9 Å².